The van der Waals surface area contributed by atoms with Gasteiger partial charge in [-0.05, 0) is 88.4 Å². The van der Waals surface area contributed by atoms with Crippen molar-refractivity contribution in [3.05, 3.63) is 134 Å². The molecular formula is C68H82F9N3O18S6. The number of alkyl halides is 9. The number of hydrogen-bond acceptors (Lipinski definition) is 24. The lowest BCUT2D eigenvalue weighted by Gasteiger charge is -2.52. The number of aliphatic hydroxyl groups is 5. The second-order valence-electron chi connectivity index (χ2n) is 26.0. The number of aliphatic carboxylic acids is 3. The molecular weight excluding hydrogens is 1510 g/mol. The maximum Gasteiger partial charge on any atom is 0.430 e. The molecule has 104 heavy (non-hydrogen) atoms. The number of nitrogens with zero attached hydrogens (tertiary/aromatic N) is 3. The minimum Gasteiger partial charge on any atom is -0.542 e. The van der Waals surface area contributed by atoms with Gasteiger partial charge < -0.3 is 87.6 Å². The molecule has 576 valence electrons. The molecule has 0 aliphatic carbocycles. The summed E-state index contributed by atoms with van der Waals surface area (Å²) in [6, 6.07) is 21.9. The number of rotatable bonds is 23. The standard InChI is InChI=1S/2C21H28NO4S2.C20H26NO4S2.3C2HF3O2/c1-2-25-12-11-22-9-7-16(8-10-22)17(15-22)26-20(23)21(24,18-5-3-13-27-18)19-6-4-14-28-19;23-12-2-1-9-22-10-7-16(8-11-22)17(15-22)26-20(24)21(25,18-5-3-13-27-18)19-6-4-14-28-19;22-11-3-8-21-9-6-15(7-10-21)16(14-21)25-19(23)20(24,17-4-1-12-26-17)18-5-2-13-27-18;3*3-2(4,5)1(6)7/h3-6,13-14,16-17,24H,2,7-12,15H2,1H3;3-6,13-14,16-17,23,25H,1-2,7-12,15H2;1-2,4-5,12-13,15-16,22,24H,3,6-11,14H2;3*(H,6,7)/q3*+1;;;/p-3/t2*16?,17-,22?;15?,16-,21?;;;/m001.../s1. The van der Waals surface area contributed by atoms with Gasteiger partial charge in [-0.3, -0.25) is 0 Å². The molecule has 5 N–H and O–H groups in total. The molecule has 0 unspecified atom stereocenters. The van der Waals surface area contributed by atoms with E-state index in [-0.39, 0.29) is 31.5 Å². The lowest BCUT2D eigenvalue weighted by molar-refractivity contribution is -0.946. The lowest BCUT2D eigenvalue weighted by atomic mass is 9.83. The first-order valence-corrected chi connectivity index (χ1v) is 38.6. The Morgan fingerprint density at radius 1 is 0.413 bits per heavy atom. The highest BCUT2D eigenvalue weighted by Gasteiger charge is 2.55. The van der Waals surface area contributed by atoms with Crippen molar-refractivity contribution in [3.8, 4) is 0 Å². The van der Waals surface area contributed by atoms with Crippen LogP contribution in [0.4, 0.5) is 39.5 Å². The third-order valence-corrected chi connectivity index (χ3v) is 25.4. The molecule has 3 atom stereocenters. The van der Waals surface area contributed by atoms with E-state index < -0.39 is 71.1 Å². The SMILES string of the molecule is CCOCC[N+]12CCC(CC1)[C@@H](OC(=O)C(O)(c1cccs1)c1cccs1)C2.O=C(O[C@@H]1C[N+]2(CCCO)CCC1CC2)C(O)(c1cccs1)c1cccs1.O=C(O[C@H]1C[N+]2(CCCCO)CCC1CC2)C(O)(c1cccs1)c1cccs1.O=C([O-])C(F)(F)F.O=C([O-])C(F)(F)F.O=C([O-])C(F)(F)F. The summed E-state index contributed by atoms with van der Waals surface area (Å²) in [7, 11) is 0. The summed E-state index contributed by atoms with van der Waals surface area (Å²) in [5.41, 5.74) is -5.18. The van der Waals surface area contributed by atoms with Crippen LogP contribution in [0, 0.1) is 17.8 Å². The topological polar surface area (TPSA) is 310 Å². The predicted molar refractivity (Wildman–Crippen MR) is 360 cm³/mol. The van der Waals surface area contributed by atoms with Gasteiger partial charge in [0.1, 0.15) is 44.1 Å². The zero-order chi connectivity index (χ0) is 76.4. The molecule has 9 aliphatic heterocycles. The molecule has 15 heterocycles. The van der Waals surface area contributed by atoms with Crippen LogP contribution in [-0.4, -0.2) is 217 Å². The minimum absolute atomic E-state index is 0.136. The first kappa shape index (κ1) is 85.3. The fourth-order valence-corrected chi connectivity index (χ4v) is 19.1. The second-order valence-corrected chi connectivity index (χ2v) is 31.7. The van der Waals surface area contributed by atoms with Crippen molar-refractivity contribution in [3.63, 3.8) is 0 Å². The number of piperidine rings is 9. The fraction of sp³-hybridized carbons (Fsp3) is 0.559. The van der Waals surface area contributed by atoms with Crippen LogP contribution in [0.5, 0.6) is 0 Å². The van der Waals surface area contributed by atoms with Crippen LogP contribution in [0.15, 0.2) is 105 Å². The van der Waals surface area contributed by atoms with Crippen LogP contribution in [0.1, 0.15) is 94.0 Å². The summed E-state index contributed by atoms with van der Waals surface area (Å²) in [5, 5.41) is 90.2. The van der Waals surface area contributed by atoms with Crippen LogP contribution in [0.25, 0.3) is 0 Å². The van der Waals surface area contributed by atoms with Crippen LogP contribution in [-0.2, 0) is 64.5 Å². The minimum atomic E-state index is -5.19. The number of carboxylic acids is 3. The van der Waals surface area contributed by atoms with Gasteiger partial charge in [0.2, 0.25) is 16.8 Å². The highest BCUT2D eigenvalue weighted by molar-refractivity contribution is 7.13. The summed E-state index contributed by atoms with van der Waals surface area (Å²) in [6.07, 6.45) is -7.08. The van der Waals surface area contributed by atoms with Crippen molar-refractivity contribution in [1.82, 2.24) is 0 Å². The van der Waals surface area contributed by atoms with Gasteiger partial charge in [0, 0.05) is 82.5 Å². The number of thiophene rings is 6. The number of carboxylic acid groups (broad SMARTS) is 3. The maximum atomic E-state index is 13.3. The monoisotopic (exact) mass is 1590 g/mol. The van der Waals surface area contributed by atoms with Gasteiger partial charge in [-0.25, -0.2) is 14.4 Å². The van der Waals surface area contributed by atoms with E-state index in [9.17, 15) is 74.3 Å². The molecule has 21 nitrogen and oxygen atoms in total. The van der Waals surface area contributed by atoms with Gasteiger partial charge in [0.25, 0.3) is 0 Å². The van der Waals surface area contributed by atoms with E-state index in [1.54, 1.807) is 36.4 Å². The molecule has 6 bridgehead atoms. The van der Waals surface area contributed by atoms with Gasteiger partial charge >= 0.3 is 36.4 Å². The largest absolute Gasteiger partial charge is 0.542 e. The van der Waals surface area contributed by atoms with E-state index in [0.717, 1.165) is 163 Å². The van der Waals surface area contributed by atoms with Crippen molar-refractivity contribution < 1.29 is 142 Å². The molecule has 6 aromatic heterocycles. The number of carbonyl (C=O) groups is 6. The second kappa shape index (κ2) is 37.2. The molecule has 6 aromatic rings. The Morgan fingerprint density at radius 2 is 0.644 bits per heavy atom. The summed E-state index contributed by atoms with van der Waals surface area (Å²) < 4.78 is 121. The zero-order valence-corrected chi connectivity index (χ0v) is 61.2. The Bertz CT molecular complexity index is 3300. The number of fused-ring (bicyclic) bond motifs is 9. The zero-order valence-electron chi connectivity index (χ0n) is 56.3. The van der Waals surface area contributed by atoms with Crippen LogP contribution in [0.2, 0.25) is 0 Å². The average molecular weight is 1590 g/mol. The Hall–Kier alpha value is -5.97. The number of carbonyl (C=O) groups excluding carboxylic acids is 6. The van der Waals surface area contributed by atoms with Crippen LogP contribution in [0.3, 0.4) is 0 Å². The molecule has 9 fully saturated rings. The predicted octanol–water partition coefficient (Wildman–Crippen LogP) is 6.68. The van der Waals surface area contributed by atoms with E-state index in [2.05, 4.69) is 0 Å². The fourth-order valence-electron chi connectivity index (χ4n) is 13.9. The van der Waals surface area contributed by atoms with Crippen molar-refractivity contribution in [2.75, 3.05) is 105 Å². The number of unbranched alkanes of at least 4 members (excludes halogenated alkanes) is 1. The smallest absolute Gasteiger partial charge is 0.430 e. The van der Waals surface area contributed by atoms with Gasteiger partial charge in [-0.15, -0.1) is 68.0 Å². The van der Waals surface area contributed by atoms with E-state index in [0.29, 0.717) is 47.0 Å². The van der Waals surface area contributed by atoms with E-state index in [4.69, 9.17) is 53.8 Å². The van der Waals surface area contributed by atoms with Gasteiger partial charge in [0.05, 0.1) is 88.2 Å². The lowest BCUT2D eigenvalue weighted by Crippen LogP contribution is -2.65. The van der Waals surface area contributed by atoms with Crippen LogP contribution >= 0.6 is 68.0 Å². The van der Waals surface area contributed by atoms with E-state index >= 15 is 0 Å². The number of halogens is 9. The Balaban J connectivity index is 0.000000191. The van der Waals surface area contributed by atoms with Crippen molar-refractivity contribution >= 4 is 104 Å². The third-order valence-electron chi connectivity index (χ3n) is 19.5. The molecule has 0 aromatic carbocycles. The normalized spacial score (nSPS) is 24.0. The van der Waals surface area contributed by atoms with E-state index in [1.807, 2.05) is 75.6 Å². The quantitative estimate of drug-likeness (QED) is 0.0147. The molecule has 9 aliphatic rings. The highest BCUT2D eigenvalue weighted by Crippen LogP contribution is 2.45. The van der Waals surface area contributed by atoms with Gasteiger partial charge in [-0.2, -0.15) is 39.5 Å². The maximum absolute atomic E-state index is 13.3. The number of ether oxygens (including phenoxy) is 4. The molecule has 15 rings (SSSR count). The summed E-state index contributed by atoms with van der Waals surface area (Å²) in [6.45, 7) is 16.0. The average Bonchev–Trinajstić information content (AvgIpc) is 1.74. The van der Waals surface area contributed by atoms with Gasteiger partial charge in [-0.1, -0.05) is 36.4 Å². The van der Waals surface area contributed by atoms with Crippen LogP contribution < -0.4 is 15.3 Å². The number of quaternary nitrogens is 3. The van der Waals surface area contributed by atoms with Crippen molar-refractivity contribution in [1.29, 1.82) is 0 Å². The Morgan fingerprint density at radius 3 is 0.846 bits per heavy atom. The number of aliphatic hydroxyl groups excluding tert-OH is 2. The Kier molecular flexibility index (Phi) is 30.5. The number of esters is 3. The molecule has 36 heteroatoms. The summed E-state index contributed by atoms with van der Waals surface area (Å²) in [4.78, 5) is 69.8. The van der Waals surface area contributed by atoms with E-state index in [1.165, 1.54) is 68.0 Å². The number of hydrogen-bond donors (Lipinski definition) is 5. The van der Waals surface area contributed by atoms with Gasteiger partial charge in [0.15, 0.2) is 18.3 Å². The summed E-state index contributed by atoms with van der Waals surface area (Å²) in [5.74, 6) is -9.52. The molecule has 0 amide bonds. The summed E-state index contributed by atoms with van der Waals surface area (Å²) >= 11 is 8.25. The van der Waals surface area contributed by atoms with Crippen molar-refractivity contribution in [2.45, 2.75) is 118 Å². The molecule has 0 radical (unpaired) electrons. The highest BCUT2D eigenvalue weighted by atomic mass is 32.1. The van der Waals surface area contributed by atoms with Crippen molar-refractivity contribution in [2.24, 2.45) is 17.8 Å². The third kappa shape index (κ3) is 21.7. The first-order valence-electron chi connectivity index (χ1n) is 33.3. The Labute approximate surface area is 617 Å². The first-order chi connectivity index (χ1) is 49.0. The molecule has 0 saturated carbocycles. The molecule has 9 saturated heterocycles. The molecule has 0 spiro atoms.